The second kappa shape index (κ2) is 8.05. The lowest BCUT2D eigenvalue weighted by Crippen LogP contribution is -2.24. The fourth-order valence-corrected chi connectivity index (χ4v) is 4.24. The van der Waals surface area contributed by atoms with Gasteiger partial charge in [0.2, 0.25) is 5.91 Å². The number of carbonyl (C=O) groups is 1. The summed E-state index contributed by atoms with van der Waals surface area (Å²) in [5.41, 5.74) is 5.11. The first-order valence-electron chi connectivity index (χ1n) is 9.97. The van der Waals surface area contributed by atoms with E-state index in [-0.39, 0.29) is 11.8 Å². The highest BCUT2D eigenvalue weighted by Crippen LogP contribution is 2.28. The smallest absolute Gasteiger partial charge is 0.227 e. The van der Waals surface area contributed by atoms with Gasteiger partial charge in [0.15, 0.2) is 0 Å². The van der Waals surface area contributed by atoms with E-state index in [2.05, 4.69) is 58.7 Å². The maximum Gasteiger partial charge on any atom is 0.227 e. The van der Waals surface area contributed by atoms with Gasteiger partial charge >= 0.3 is 0 Å². The van der Waals surface area contributed by atoms with Crippen LogP contribution in [-0.4, -0.2) is 17.4 Å². The lowest BCUT2D eigenvalue weighted by atomic mass is 9.88. The van der Waals surface area contributed by atoms with Gasteiger partial charge in [0, 0.05) is 31.2 Å². The van der Waals surface area contributed by atoms with Crippen molar-refractivity contribution in [2.24, 2.45) is 5.92 Å². The zero-order chi connectivity index (χ0) is 17.8. The number of nitrogens with one attached hydrogen (secondary N) is 1. The lowest BCUT2D eigenvalue weighted by Gasteiger charge is -2.20. The predicted octanol–water partition coefficient (Wildman–Crippen LogP) is 4.76. The fourth-order valence-electron chi connectivity index (χ4n) is 4.24. The van der Waals surface area contributed by atoms with Crippen LogP contribution >= 0.6 is 0 Å². The summed E-state index contributed by atoms with van der Waals surface area (Å²) in [5, 5.41) is 3.16. The minimum absolute atomic E-state index is 0.208. The number of nitrogens with zero attached hydrogens (tertiary/aromatic N) is 1. The molecule has 2 aliphatic rings. The molecule has 1 fully saturated rings. The summed E-state index contributed by atoms with van der Waals surface area (Å²) in [4.78, 5) is 15.0. The van der Waals surface area contributed by atoms with E-state index >= 15 is 0 Å². The van der Waals surface area contributed by atoms with Gasteiger partial charge in [0.05, 0.1) is 0 Å². The Labute approximate surface area is 156 Å². The van der Waals surface area contributed by atoms with Gasteiger partial charge in [0.25, 0.3) is 0 Å². The second-order valence-corrected chi connectivity index (χ2v) is 7.75. The summed E-state index contributed by atoms with van der Waals surface area (Å²) >= 11 is 0. The molecule has 0 bridgehead atoms. The first-order valence-corrected chi connectivity index (χ1v) is 9.97. The minimum atomic E-state index is 0.208. The average Bonchev–Trinajstić information content (AvgIpc) is 3.10. The molecule has 26 heavy (non-hydrogen) atoms. The molecule has 0 spiro atoms. The maximum absolute atomic E-state index is 12.5. The molecule has 0 atom stereocenters. The Balaban J connectivity index is 1.33. The van der Waals surface area contributed by atoms with Crippen LogP contribution in [0.3, 0.4) is 0 Å². The van der Waals surface area contributed by atoms with Gasteiger partial charge < -0.3 is 5.32 Å². The van der Waals surface area contributed by atoms with Crippen molar-refractivity contribution < 1.29 is 4.79 Å². The third kappa shape index (κ3) is 4.16. The molecular formula is C23H28N2O. The van der Waals surface area contributed by atoms with Crippen LogP contribution in [0.25, 0.3) is 0 Å². The quantitative estimate of drug-likeness (QED) is 0.844. The van der Waals surface area contributed by atoms with Gasteiger partial charge in [-0.3, -0.25) is 9.69 Å². The van der Waals surface area contributed by atoms with Crippen molar-refractivity contribution in [3.05, 3.63) is 65.2 Å². The van der Waals surface area contributed by atoms with Gasteiger partial charge in [-0.1, -0.05) is 55.7 Å². The van der Waals surface area contributed by atoms with E-state index in [9.17, 15) is 4.79 Å². The van der Waals surface area contributed by atoms with E-state index in [1.807, 2.05) is 0 Å². The van der Waals surface area contributed by atoms with Crippen LogP contribution in [0.2, 0.25) is 0 Å². The summed E-state index contributed by atoms with van der Waals surface area (Å²) < 4.78 is 0. The number of hydrogen-bond donors (Lipinski definition) is 1. The van der Waals surface area contributed by atoms with E-state index in [4.69, 9.17) is 0 Å². The molecule has 4 rings (SSSR count). The fraction of sp³-hybridized carbons (Fsp3) is 0.435. The van der Waals surface area contributed by atoms with Gasteiger partial charge in [0.1, 0.15) is 0 Å². The van der Waals surface area contributed by atoms with Crippen molar-refractivity contribution in [3.8, 4) is 0 Å². The molecule has 3 heteroatoms. The molecule has 1 N–H and O–H groups in total. The number of amides is 1. The second-order valence-electron chi connectivity index (χ2n) is 7.75. The molecule has 1 amide bonds. The van der Waals surface area contributed by atoms with Crippen LogP contribution in [0, 0.1) is 5.92 Å². The van der Waals surface area contributed by atoms with Gasteiger partial charge in [-0.15, -0.1) is 0 Å². The molecule has 1 saturated carbocycles. The number of carbonyl (C=O) groups excluding carboxylic acids is 1. The molecule has 0 radical (unpaired) electrons. The average molecular weight is 348 g/mol. The van der Waals surface area contributed by atoms with Crippen LogP contribution in [0.15, 0.2) is 48.5 Å². The first-order chi connectivity index (χ1) is 12.8. The topological polar surface area (TPSA) is 32.3 Å². The Hall–Kier alpha value is -2.13. The number of anilines is 1. The van der Waals surface area contributed by atoms with Gasteiger partial charge in [-0.05, 0) is 48.1 Å². The third-order valence-corrected chi connectivity index (χ3v) is 5.80. The predicted molar refractivity (Wildman–Crippen MR) is 106 cm³/mol. The van der Waals surface area contributed by atoms with E-state index in [1.54, 1.807) is 0 Å². The number of benzene rings is 2. The Bertz CT molecular complexity index is 750. The summed E-state index contributed by atoms with van der Waals surface area (Å²) in [6, 6.07) is 17.1. The van der Waals surface area contributed by atoms with Crippen molar-refractivity contribution >= 4 is 11.6 Å². The molecule has 1 aliphatic carbocycles. The SMILES string of the molecule is O=C(Nc1ccc2c(c1)CN(CCc1ccccc1)C2)C1CCCCC1. The molecule has 136 valence electrons. The van der Waals surface area contributed by atoms with Crippen molar-refractivity contribution in [2.75, 3.05) is 11.9 Å². The Morgan fingerprint density at radius 3 is 2.54 bits per heavy atom. The lowest BCUT2D eigenvalue weighted by molar-refractivity contribution is -0.120. The minimum Gasteiger partial charge on any atom is -0.326 e. The monoisotopic (exact) mass is 348 g/mol. The molecule has 2 aromatic carbocycles. The molecule has 1 aliphatic heterocycles. The van der Waals surface area contributed by atoms with E-state index in [0.29, 0.717) is 0 Å². The Kier molecular flexibility index (Phi) is 5.35. The first kappa shape index (κ1) is 17.3. The van der Waals surface area contributed by atoms with Crippen molar-refractivity contribution in [2.45, 2.75) is 51.6 Å². The van der Waals surface area contributed by atoms with Crippen molar-refractivity contribution in [3.63, 3.8) is 0 Å². The van der Waals surface area contributed by atoms with Crippen LogP contribution in [0.4, 0.5) is 5.69 Å². The normalized spacial score (nSPS) is 17.8. The zero-order valence-electron chi connectivity index (χ0n) is 15.4. The van der Waals surface area contributed by atoms with Crippen LogP contribution < -0.4 is 5.32 Å². The standard InChI is InChI=1S/C23H28N2O/c26-23(19-9-5-2-6-10-19)24-22-12-11-20-16-25(17-21(20)15-22)14-13-18-7-3-1-4-8-18/h1,3-4,7-8,11-12,15,19H,2,5-6,9-10,13-14,16-17H2,(H,24,26). The van der Waals surface area contributed by atoms with E-state index in [1.165, 1.54) is 36.0 Å². The van der Waals surface area contributed by atoms with Crippen LogP contribution in [-0.2, 0) is 24.3 Å². The molecule has 3 nitrogen and oxygen atoms in total. The van der Waals surface area contributed by atoms with E-state index in [0.717, 1.165) is 44.6 Å². The molecule has 2 aromatic rings. The number of hydrogen-bond acceptors (Lipinski definition) is 2. The molecule has 1 heterocycles. The van der Waals surface area contributed by atoms with Crippen molar-refractivity contribution in [1.29, 1.82) is 0 Å². The highest BCUT2D eigenvalue weighted by atomic mass is 16.1. The van der Waals surface area contributed by atoms with Crippen LogP contribution in [0.1, 0.15) is 48.8 Å². The number of fused-ring (bicyclic) bond motifs is 1. The van der Waals surface area contributed by atoms with E-state index < -0.39 is 0 Å². The molecular weight excluding hydrogens is 320 g/mol. The van der Waals surface area contributed by atoms with Crippen LogP contribution in [0.5, 0.6) is 0 Å². The summed E-state index contributed by atoms with van der Waals surface area (Å²) in [5.74, 6) is 0.419. The maximum atomic E-state index is 12.5. The summed E-state index contributed by atoms with van der Waals surface area (Å²) in [7, 11) is 0. The summed E-state index contributed by atoms with van der Waals surface area (Å²) in [6.07, 6.45) is 6.84. The Morgan fingerprint density at radius 2 is 1.73 bits per heavy atom. The highest BCUT2D eigenvalue weighted by Gasteiger charge is 2.22. The summed E-state index contributed by atoms with van der Waals surface area (Å²) in [6.45, 7) is 3.07. The van der Waals surface area contributed by atoms with Crippen molar-refractivity contribution in [1.82, 2.24) is 4.90 Å². The molecule has 0 aromatic heterocycles. The molecule has 0 unspecified atom stereocenters. The van der Waals surface area contributed by atoms with Gasteiger partial charge in [-0.2, -0.15) is 0 Å². The van der Waals surface area contributed by atoms with Gasteiger partial charge in [-0.25, -0.2) is 0 Å². The number of rotatable bonds is 5. The Morgan fingerprint density at radius 1 is 0.962 bits per heavy atom. The zero-order valence-corrected chi connectivity index (χ0v) is 15.4. The highest BCUT2D eigenvalue weighted by molar-refractivity contribution is 5.92. The largest absolute Gasteiger partial charge is 0.326 e. The third-order valence-electron chi connectivity index (χ3n) is 5.80. The molecule has 0 saturated heterocycles.